The molecular formula is C20H17FN2O8S2. The number of amides is 1. The average molecular weight is 496 g/mol. The maximum absolute atomic E-state index is 13.9. The van der Waals surface area contributed by atoms with Gasteiger partial charge in [-0.15, -0.1) is 11.3 Å². The molecule has 2 heterocycles. The molecular weight excluding hydrogens is 479 g/mol. The predicted octanol–water partition coefficient (Wildman–Crippen LogP) is 2.77. The molecule has 0 spiro atoms. The molecule has 0 saturated carbocycles. The summed E-state index contributed by atoms with van der Waals surface area (Å²) >= 11 is 1.02. The lowest BCUT2D eigenvalue weighted by molar-refractivity contribution is -0.119. The molecule has 3 aromatic rings. The number of carbonyl (C=O) groups is 3. The van der Waals surface area contributed by atoms with E-state index in [-0.39, 0.29) is 17.2 Å². The van der Waals surface area contributed by atoms with Crippen LogP contribution in [0.4, 0.5) is 9.39 Å². The first-order valence-corrected chi connectivity index (χ1v) is 11.7. The second-order valence-corrected chi connectivity index (χ2v) is 8.80. The quantitative estimate of drug-likeness (QED) is 0.451. The van der Waals surface area contributed by atoms with E-state index in [1.54, 1.807) is 24.4 Å². The first-order valence-electron chi connectivity index (χ1n) is 9.23. The Morgan fingerprint density at radius 3 is 2.58 bits per heavy atom. The number of thiophene rings is 1. The zero-order chi connectivity index (χ0) is 24.2. The molecule has 13 heteroatoms. The second-order valence-electron chi connectivity index (χ2n) is 6.36. The number of anilines is 1. The highest BCUT2D eigenvalue weighted by atomic mass is 32.2. The van der Waals surface area contributed by atoms with Gasteiger partial charge in [0.05, 0.1) is 23.3 Å². The summed E-state index contributed by atoms with van der Waals surface area (Å²) in [4.78, 5) is 36.4. The Balaban J connectivity index is 1.74. The van der Waals surface area contributed by atoms with E-state index in [9.17, 15) is 27.2 Å². The molecule has 0 fully saturated rings. The van der Waals surface area contributed by atoms with Gasteiger partial charge in [0.2, 0.25) is 10.0 Å². The van der Waals surface area contributed by atoms with E-state index in [1.165, 1.54) is 6.26 Å². The molecule has 0 unspecified atom stereocenters. The van der Waals surface area contributed by atoms with E-state index in [1.807, 2.05) is 0 Å². The van der Waals surface area contributed by atoms with Crippen LogP contribution in [0.2, 0.25) is 0 Å². The van der Waals surface area contributed by atoms with E-state index < -0.39 is 50.8 Å². The molecule has 33 heavy (non-hydrogen) atoms. The van der Waals surface area contributed by atoms with Gasteiger partial charge in [0.15, 0.2) is 6.61 Å². The number of hydrogen-bond acceptors (Lipinski definition) is 9. The third-order valence-electron chi connectivity index (χ3n) is 4.13. The van der Waals surface area contributed by atoms with Crippen LogP contribution in [0.3, 0.4) is 0 Å². The van der Waals surface area contributed by atoms with E-state index >= 15 is 0 Å². The van der Waals surface area contributed by atoms with Crippen molar-refractivity contribution in [2.24, 2.45) is 5.14 Å². The van der Waals surface area contributed by atoms with Crippen molar-refractivity contribution in [1.29, 1.82) is 0 Å². The van der Waals surface area contributed by atoms with E-state index in [0.717, 1.165) is 23.5 Å². The molecule has 0 aliphatic carbocycles. The van der Waals surface area contributed by atoms with Crippen LogP contribution in [0.25, 0.3) is 11.3 Å². The summed E-state index contributed by atoms with van der Waals surface area (Å²) in [5.74, 6) is -3.48. The number of halogens is 1. The Bertz CT molecular complexity index is 1300. The molecule has 0 atom stereocenters. The van der Waals surface area contributed by atoms with Crippen LogP contribution >= 0.6 is 11.3 Å². The molecule has 10 nitrogen and oxygen atoms in total. The summed E-state index contributed by atoms with van der Waals surface area (Å²) in [6, 6.07) is 5.59. The fourth-order valence-electron chi connectivity index (χ4n) is 2.68. The van der Waals surface area contributed by atoms with Crippen LogP contribution in [0.5, 0.6) is 0 Å². The minimum Gasteiger partial charge on any atom is -0.464 e. The molecule has 2 aromatic heterocycles. The zero-order valence-electron chi connectivity index (χ0n) is 17.0. The number of rotatable bonds is 8. The maximum Gasteiger partial charge on any atom is 0.341 e. The summed E-state index contributed by atoms with van der Waals surface area (Å²) in [7, 11) is -4.19. The zero-order valence-corrected chi connectivity index (χ0v) is 18.6. The molecule has 0 aliphatic heterocycles. The normalized spacial score (nSPS) is 11.1. The Labute approximate surface area is 191 Å². The van der Waals surface area contributed by atoms with E-state index in [2.05, 4.69) is 5.32 Å². The van der Waals surface area contributed by atoms with Crippen molar-refractivity contribution in [1.82, 2.24) is 0 Å². The monoisotopic (exact) mass is 496 g/mol. The van der Waals surface area contributed by atoms with E-state index in [0.29, 0.717) is 17.4 Å². The Kier molecular flexibility index (Phi) is 7.26. The third-order valence-corrected chi connectivity index (χ3v) is 5.94. The van der Waals surface area contributed by atoms with Crippen molar-refractivity contribution in [3.8, 4) is 11.3 Å². The average Bonchev–Trinajstić information content (AvgIpc) is 3.41. The van der Waals surface area contributed by atoms with Gasteiger partial charge < -0.3 is 19.2 Å². The van der Waals surface area contributed by atoms with Gasteiger partial charge in [-0.1, -0.05) is 0 Å². The fourth-order valence-corrected chi connectivity index (χ4v) is 4.17. The van der Waals surface area contributed by atoms with Crippen LogP contribution in [0.1, 0.15) is 27.6 Å². The summed E-state index contributed by atoms with van der Waals surface area (Å²) in [5.41, 5.74) is -0.251. The van der Waals surface area contributed by atoms with Gasteiger partial charge in [-0.25, -0.2) is 27.5 Å². The summed E-state index contributed by atoms with van der Waals surface area (Å²) in [5, 5.41) is 9.12. The third kappa shape index (κ3) is 5.63. The van der Waals surface area contributed by atoms with Gasteiger partial charge in [0.25, 0.3) is 5.91 Å². The van der Waals surface area contributed by atoms with Crippen molar-refractivity contribution in [2.75, 3.05) is 18.5 Å². The number of hydrogen-bond donors (Lipinski definition) is 2. The SMILES string of the molecule is CCOC(=O)c1c(-c2ccco2)csc1NC(=O)COC(=O)c1cc(S(N)(=O)=O)ccc1F. The number of primary sulfonamides is 1. The van der Waals surface area contributed by atoms with Gasteiger partial charge in [0, 0.05) is 10.9 Å². The van der Waals surface area contributed by atoms with Crippen LogP contribution < -0.4 is 10.5 Å². The van der Waals surface area contributed by atoms with Crippen molar-refractivity contribution < 1.29 is 41.1 Å². The number of nitrogens with one attached hydrogen (secondary N) is 1. The number of carbonyl (C=O) groups excluding carboxylic acids is 3. The minimum absolute atomic E-state index is 0.0587. The fraction of sp³-hybridized carbons (Fsp3) is 0.150. The molecule has 0 aliphatic rings. The topological polar surface area (TPSA) is 155 Å². The van der Waals surface area contributed by atoms with Gasteiger partial charge >= 0.3 is 11.9 Å². The molecule has 0 radical (unpaired) electrons. The van der Waals surface area contributed by atoms with Crippen molar-refractivity contribution >= 4 is 44.2 Å². The van der Waals surface area contributed by atoms with Gasteiger partial charge in [-0.3, -0.25) is 4.79 Å². The van der Waals surface area contributed by atoms with Crippen LogP contribution in [0.15, 0.2) is 51.3 Å². The molecule has 0 bridgehead atoms. The molecule has 1 aromatic carbocycles. The first-order chi connectivity index (χ1) is 15.6. The highest BCUT2D eigenvalue weighted by molar-refractivity contribution is 7.89. The lowest BCUT2D eigenvalue weighted by Gasteiger charge is -2.09. The Morgan fingerprint density at radius 2 is 1.94 bits per heavy atom. The molecule has 3 N–H and O–H groups in total. The largest absolute Gasteiger partial charge is 0.464 e. The van der Waals surface area contributed by atoms with Crippen LogP contribution in [-0.2, 0) is 24.3 Å². The lowest BCUT2D eigenvalue weighted by Crippen LogP contribution is -2.22. The molecule has 3 rings (SSSR count). The highest BCUT2D eigenvalue weighted by Gasteiger charge is 2.25. The molecule has 1 amide bonds. The van der Waals surface area contributed by atoms with Gasteiger partial charge in [-0.2, -0.15) is 0 Å². The predicted molar refractivity (Wildman–Crippen MR) is 115 cm³/mol. The Morgan fingerprint density at radius 1 is 1.18 bits per heavy atom. The van der Waals surface area contributed by atoms with E-state index in [4.69, 9.17) is 19.0 Å². The Hall–Kier alpha value is -3.55. The van der Waals surface area contributed by atoms with Gasteiger partial charge in [0.1, 0.15) is 22.1 Å². The number of nitrogens with two attached hydrogens (primary N) is 1. The second kappa shape index (κ2) is 9.94. The summed E-state index contributed by atoms with van der Waals surface area (Å²) in [6.45, 7) is 0.882. The lowest BCUT2D eigenvalue weighted by atomic mass is 10.1. The number of esters is 2. The number of ether oxygens (including phenoxy) is 2. The number of sulfonamides is 1. The first kappa shape index (κ1) is 24.1. The summed E-state index contributed by atoms with van der Waals surface area (Å²) < 4.78 is 51.9. The standard InChI is InChI=1S/C20H17FN2O8S2/c1-2-29-20(26)17-13(15-4-3-7-30-15)10-32-18(17)23-16(24)9-31-19(25)12-8-11(33(22,27)28)5-6-14(12)21/h3-8,10H,2,9H2,1H3,(H,23,24)(H2,22,27,28). The number of furan rings is 1. The number of benzene rings is 1. The van der Waals surface area contributed by atoms with Gasteiger partial charge in [-0.05, 0) is 37.3 Å². The van der Waals surface area contributed by atoms with Crippen molar-refractivity contribution in [3.05, 3.63) is 58.9 Å². The van der Waals surface area contributed by atoms with Crippen molar-refractivity contribution in [3.63, 3.8) is 0 Å². The maximum atomic E-state index is 13.9. The smallest absolute Gasteiger partial charge is 0.341 e. The molecule has 174 valence electrons. The van der Waals surface area contributed by atoms with Crippen LogP contribution in [-0.4, -0.2) is 39.5 Å². The minimum atomic E-state index is -4.19. The molecule has 0 saturated heterocycles. The summed E-state index contributed by atoms with van der Waals surface area (Å²) in [6.07, 6.45) is 1.42. The van der Waals surface area contributed by atoms with Crippen LogP contribution in [0, 0.1) is 5.82 Å². The highest BCUT2D eigenvalue weighted by Crippen LogP contribution is 2.36. The van der Waals surface area contributed by atoms with Crippen molar-refractivity contribution in [2.45, 2.75) is 11.8 Å².